The number of anilines is 1. The highest BCUT2D eigenvalue weighted by Gasteiger charge is 2.44. The van der Waals surface area contributed by atoms with Crippen molar-refractivity contribution < 1.29 is 27.6 Å². The summed E-state index contributed by atoms with van der Waals surface area (Å²) in [5.74, 6) is 0.260. The van der Waals surface area contributed by atoms with Crippen molar-refractivity contribution in [3.8, 4) is 5.75 Å². The van der Waals surface area contributed by atoms with E-state index in [1.54, 1.807) is 31.4 Å². The summed E-state index contributed by atoms with van der Waals surface area (Å²) in [7, 11) is -1.07. The summed E-state index contributed by atoms with van der Waals surface area (Å²) in [4.78, 5) is 28.7. The van der Waals surface area contributed by atoms with Gasteiger partial charge in [0.05, 0.1) is 45.1 Å². The lowest BCUT2D eigenvalue weighted by molar-refractivity contribution is -0.121. The van der Waals surface area contributed by atoms with Crippen molar-refractivity contribution in [3.05, 3.63) is 24.3 Å². The minimum Gasteiger partial charge on any atom is -0.497 e. The summed E-state index contributed by atoms with van der Waals surface area (Å²) in [6.07, 6.45) is 0.920. The van der Waals surface area contributed by atoms with Crippen molar-refractivity contribution in [2.24, 2.45) is 0 Å². The van der Waals surface area contributed by atoms with Crippen molar-refractivity contribution in [2.45, 2.75) is 24.9 Å². The van der Waals surface area contributed by atoms with Gasteiger partial charge in [0.2, 0.25) is 5.91 Å². The Morgan fingerprint density at radius 3 is 2.30 bits per heavy atom. The van der Waals surface area contributed by atoms with Gasteiger partial charge in [-0.2, -0.15) is 0 Å². The molecular weight excluding hydrogens is 406 g/mol. The van der Waals surface area contributed by atoms with Crippen LogP contribution in [0.4, 0.5) is 5.69 Å². The van der Waals surface area contributed by atoms with Gasteiger partial charge in [-0.1, -0.05) is 0 Å². The van der Waals surface area contributed by atoms with Gasteiger partial charge in [0.25, 0.3) is 5.91 Å². The Kier molecular flexibility index (Phi) is 6.81. The maximum Gasteiger partial charge on any atom is 0.501 e. The second-order valence-electron chi connectivity index (χ2n) is 7.65. The average molecular weight is 436 g/mol. The minimum absolute atomic E-state index is 0.159. The zero-order valence-electron chi connectivity index (χ0n) is 17.3. The molecule has 1 unspecified atom stereocenters. The molecular formula is C20H29N3O6Si. The van der Waals surface area contributed by atoms with E-state index >= 15 is 0 Å². The van der Waals surface area contributed by atoms with Crippen LogP contribution in [-0.4, -0.2) is 84.7 Å². The third-order valence-corrected chi connectivity index (χ3v) is 8.61. The number of nitrogens with zero attached hydrogens (tertiary/aromatic N) is 2. The number of fused-ring (bicyclic) bond motifs is 6. The lowest BCUT2D eigenvalue weighted by Gasteiger charge is -2.38. The number of ether oxygens (including phenoxy) is 1. The second-order valence-corrected chi connectivity index (χ2v) is 10.4. The lowest BCUT2D eigenvalue weighted by Crippen LogP contribution is -2.55. The molecule has 1 atom stereocenters. The summed E-state index contributed by atoms with van der Waals surface area (Å²) < 4.78 is 23.2. The van der Waals surface area contributed by atoms with Crippen molar-refractivity contribution in [1.29, 1.82) is 0 Å². The largest absolute Gasteiger partial charge is 0.501 e. The van der Waals surface area contributed by atoms with Crippen LogP contribution in [0.3, 0.4) is 0 Å². The third kappa shape index (κ3) is 4.74. The first-order chi connectivity index (χ1) is 14.6. The zero-order chi connectivity index (χ0) is 21.0. The molecule has 5 rings (SSSR count). The van der Waals surface area contributed by atoms with E-state index in [9.17, 15) is 9.59 Å². The number of methoxy groups -OCH3 is 1. The summed E-state index contributed by atoms with van der Waals surface area (Å²) in [5.41, 5.74) is 0.565. The third-order valence-electron chi connectivity index (χ3n) is 5.72. The summed E-state index contributed by atoms with van der Waals surface area (Å²) in [6.45, 7) is 5.24. The molecule has 1 aromatic carbocycles. The number of rotatable bonds is 7. The number of nitrogens with one attached hydrogen (secondary N) is 1. The Bertz CT molecular complexity index is 735. The molecule has 2 bridgehead atoms. The fourth-order valence-electron chi connectivity index (χ4n) is 4.04. The number of hydrogen-bond acceptors (Lipinski definition) is 8. The fourth-order valence-corrected chi connectivity index (χ4v) is 6.54. The predicted octanol–water partition coefficient (Wildman–Crippen LogP) is 0.625. The van der Waals surface area contributed by atoms with Gasteiger partial charge in [0.15, 0.2) is 0 Å². The number of carbonyl (C=O) groups is 2. The number of hydrogen-bond donors (Lipinski definition) is 1. The monoisotopic (exact) mass is 435 g/mol. The molecule has 10 heteroatoms. The topological polar surface area (TPSA) is 89.6 Å². The normalized spacial score (nSPS) is 29.6. The first kappa shape index (κ1) is 21.4. The van der Waals surface area contributed by atoms with Gasteiger partial charge in [-0.15, -0.1) is 0 Å². The summed E-state index contributed by atoms with van der Waals surface area (Å²) in [5, 5.41) is 3.23. The van der Waals surface area contributed by atoms with Crippen LogP contribution in [0.1, 0.15) is 12.8 Å². The Labute approximate surface area is 177 Å². The van der Waals surface area contributed by atoms with E-state index in [0.717, 1.165) is 26.1 Å². The highest BCUT2D eigenvalue weighted by molar-refractivity contribution is 6.60. The molecule has 4 saturated heterocycles. The molecule has 9 nitrogen and oxygen atoms in total. The Balaban J connectivity index is 1.28. The number of amides is 2. The average Bonchev–Trinajstić information content (AvgIpc) is 2.99. The van der Waals surface area contributed by atoms with Crippen LogP contribution in [0.5, 0.6) is 5.75 Å². The van der Waals surface area contributed by atoms with Gasteiger partial charge in [-0.05, 0) is 37.2 Å². The van der Waals surface area contributed by atoms with Crippen LogP contribution in [-0.2, 0) is 22.9 Å². The highest BCUT2D eigenvalue weighted by atomic mass is 28.4. The van der Waals surface area contributed by atoms with Gasteiger partial charge in [0.1, 0.15) is 5.75 Å². The van der Waals surface area contributed by atoms with E-state index in [0.29, 0.717) is 43.8 Å². The van der Waals surface area contributed by atoms with E-state index < -0.39 is 14.8 Å². The lowest BCUT2D eigenvalue weighted by atomic mass is 10.2. The van der Waals surface area contributed by atoms with E-state index in [-0.39, 0.29) is 18.2 Å². The summed E-state index contributed by atoms with van der Waals surface area (Å²) in [6, 6.07) is 7.12. The zero-order valence-corrected chi connectivity index (χ0v) is 18.3. The van der Waals surface area contributed by atoms with Gasteiger partial charge in [-0.25, -0.2) is 4.90 Å². The maximum atomic E-state index is 12.8. The number of carbonyl (C=O) groups excluding carboxylic acids is 2. The Morgan fingerprint density at radius 2 is 1.70 bits per heavy atom. The van der Waals surface area contributed by atoms with Gasteiger partial charge >= 0.3 is 8.80 Å². The van der Waals surface area contributed by atoms with Crippen LogP contribution in [0.2, 0.25) is 6.04 Å². The second kappa shape index (κ2) is 9.54. The molecule has 0 saturated carbocycles. The fraction of sp³-hybridized carbons (Fsp3) is 0.600. The molecule has 0 radical (unpaired) electrons. The van der Waals surface area contributed by atoms with Crippen molar-refractivity contribution in [1.82, 2.24) is 10.2 Å². The number of imide groups is 1. The molecule has 30 heavy (non-hydrogen) atoms. The smallest absolute Gasteiger partial charge is 0.497 e. The van der Waals surface area contributed by atoms with Crippen LogP contribution in [0.25, 0.3) is 0 Å². The molecule has 4 heterocycles. The standard InChI is InChI=1S/C20H29N3O6Si/c1-26-17-5-3-16(4-6-17)23-19(24)15-18(20(23)25)21-7-2-14-30-27-11-8-22(9-12-28-30)10-13-29-30/h3-6,18,21H,2,7-15H2,1H3. The molecule has 1 N–H and O–H groups in total. The molecule has 1 aromatic rings. The van der Waals surface area contributed by atoms with Crippen molar-refractivity contribution >= 4 is 26.3 Å². The molecule has 0 aliphatic carbocycles. The summed E-state index contributed by atoms with van der Waals surface area (Å²) >= 11 is 0. The molecule has 0 spiro atoms. The van der Waals surface area contributed by atoms with Crippen LogP contribution in [0.15, 0.2) is 24.3 Å². The van der Waals surface area contributed by atoms with Crippen LogP contribution in [0, 0.1) is 0 Å². The Morgan fingerprint density at radius 1 is 1.07 bits per heavy atom. The molecule has 2 amide bonds. The van der Waals surface area contributed by atoms with Gasteiger partial charge in [0, 0.05) is 25.7 Å². The first-order valence-electron chi connectivity index (χ1n) is 10.5. The number of benzene rings is 1. The quantitative estimate of drug-likeness (QED) is 0.379. The van der Waals surface area contributed by atoms with E-state index in [2.05, 4.69) is 10.2 Å². The van der Waals surface area contributed by atoms with E-state index in [1.165, 1.54) is 4.90 Å². The van der Waals surface area contributed by atoms with E-state index in [4.69, 9.17) is 18.0 Å². The van der Waals surface area contributed by atoms with Crippen molar-refractivity contribution in [3.63, 3.8) is 0 Å². The molecule has 0 aromatic heterocycles. The van der Waals surface area contributed by atoms with Crippen LogP contribution < -0.4 is 15.0 Å². The highest BCUT2D eigenvalue weighted by Crippen LogP contribution is 2.26. The SMILES string of the molecule is COc1ccc(N2C(=O)CC(NCCC[Si]34OCCN(CCO3)CCO4)C2=O)cc1. The van der Waals surface area contributed by atoms with Crippen LogP contribution >= 0.6 is 0 Å². The molecule has 4 aliphatic rings. The molecule has 164 valence electrons. The molecule has 4 aliphatic heterocycles. The van der Waals surface area contributed by atoms with Gasteiger partial charge in [-0.3, -0.25) is 14.5 Å². The van der Waals surface area contributed by atoms with Crippen molar-refractivity contribution in [2.75, 3.05) is 58.0 Å². The Hall–Kier alpha value is -1.82. The predicted molar refractivity (Wildman–Crippen MR) is 111 cm³/mol. The molecule has 4 fully saturated rings. The van der Waals surface area contributed by atoms with E-state index in [1.807, 2.05) is 0 Å². The minimum atomic E-state index is -2.65. The van der Waals surface area contributed by atoms with Gasteiger partial charge < -0.3 is 23.3 Å². The first-order valence-corrected chi connectivity index (χ1v) is 12.4. The maximum absolute atomic E-state index is 12.8.